The van der Waals surface area contributed by atoms with Crippen LogP contribution in [-0.2, 0) is 4.74 Å². The highest BCUT2D eigenvalue weighted by molar-refractivity contribution is 5.42. The van der Waals surface area contributed by atoms with Gasteiger partial charge in [0.1, 0.15) is 0 Å². The van der Waals surface area contributed by atoms with E-state index in [2.05, 4.69) is 48.3 Å². The summed E-state index contributed by atoms with van der Waals surface area (Å²) in [5.74, 6) is 0. The van der Waals surface area contributed by atoms with Crippen molar-refractivity contribution in [3.05, 3.63) is 30.3 Å². The minimum absolute atomic E-state index is 0.524. The zero-order valence-corrected chi connectivity index (χ0v) is 10.7. The molecule has 1 heterocycles. The summed E-state index contributed by atoms with van der Waals surface area (Å²) in [5.41, 5.74) is 1.19. The van der Waals surface area contributed by atoms with Crippen LogP contribution < -0.4 is 5.32 Å². The van der Waals surface area contributed by atoms with E-state index in [9.17, 15) is 0 Å². The molecule has 1 aromatic rings. The Balaban J connectivity index is 1.82. The first kappa shape index (κ1) is 12.4. The molecule has 17 heavy (non-hydrogen) atoms. The molecule has 1 N–H and O–H groups in total. The van der Waals surface area contributed by atoms with Crippen molar-refractivity contribution in [1.82, 2.24) is 4.90 Å². The van der Waals surface area contributed by atoms with Crippen LogP contribution in [-0.4, -0.2) is 43.3 Å². The number of hydrogen-bond acceptors (Lipinski definition) is 3. The van der Waals surface area contributed by atoms with Gasteiger partial charge in [-0.1, -0.05) is 18.2 Å². The average Bonchev–Trinajstić information content (AvgIpc) is 2.38. The maximum absolute atomic E-state index is 5.46. The van der Waals surface area contributed by atoms with Gasteiger partial charge in [-0.15, -0.1) is 0 Å². The predicted molar refractivity (Wildman–Crippen MR) is 71.4 cm³/mol. The molecule has 0 bridgehead atoms. The summed E-state index contributed by atoms with van der Waals surface area (Å²) in [5, 5.41) is 3.48. The lowest BCUT2D eigenvalue weighted by atomic mass is 10.2. The van der Waals surface area contributed by atoms with Gasteiger partial charge in [-0.25, -0.2) is 0 Å². The lowest BCUT2D eigenvalue weighted by Gasteiger charge is -2.38. The number of morpholine rings is 1. The normalized spacial score (nSPS) is 23.3. The fourth-order valence-electron chi connectivity index (χ4n) is 2.33. The van der Waals surface area contributed by atoms with E-state index >= 15 is 0 Å². The Morgan fingerprint density at radius 3 is 2.88 bits per heavy atom. The highest BCUT2D eigenvalue weighted by Gasteiger charge is 2.23. The highest BCUT2D eigenvalue weighted by Crippen LogP contribution is 2.12. The van der Waals surface area contributed by atoms with Gasteiger partial charge in [0.15, 0.2) is 0 Å². The Hall–Kier alpha value is -1.06. The molecule has 94 valence electrons. The SMILES string of the molecule is CC(CNc1ccccc1)N1CCOCC1C. The summed E-state index contributed by atoms with van der Waals surface area (Å²) in [7, 11) is 0. The number of nitrogens with one attached hydrogen (secondary N) is 1. The molecule has 0 aliphatic carbocycles. The molecule has 0 spiro atoms. The van der Waals surface area contributed by atoms with Gasteiger partial charge in [-0.3, -0.25) is 4.90 Å². The molecule has 3 nitrogen and oxygen atoms in total. The van der Waals surface area contributed by atoms with Crippen LogP contribution >= 0.6 is 0 Å². The topological polar surface area (TPSA) is 24.5 Å². The third kappa shape index (κ3) is 3.45. The highest BCUT2D eigenvalue weighted by atomic mass is 16.5. The second kappa shape index (κ2) is 6.03. The van der Waals surface area contributed by atoms with Gasteiger partial charge in [0, 0.05) is 30.9 Å². The quantitative estimate of drug-likeness (QED) is 0.864. The summed E-state index contributed by atoms with van der Waals surface area (Å²) in [6.45, 7) is 8.25. The van der Waals surface area contributed by atoms with Crippen molar-refractivity contribution in [2.45, 2.75) is 25.9 Å². The molecule has 0 amide bonds. The van der Waals surface area contributed by atoms with Crippen molar-refractivity contribution in [3.63, 3.8) is 0 Å². The minimum atomic E-state index is 0.524. The van der Waals surface area contributed by atoms with E-state index in [-0.39, 0.29) is 0 Å². The second-order valence-electron chi connectivity index (χ2n) is 4.76. The van der Waals surface area contributed by atoms with Gasteiger partial charge in [0.05, 0.1) is 13.2 Å². The predicted octanol–water partition coefficient (Wildman–Crippen LogP) is 2.21. The van der Waals surface area contributed by atoms with Crippen LogP contribution in [0.1, 0.15) is 13.8 Å². The van der Waals surface area contributed by atoms with Crippen molar-refractivity contribution >= 4 is 5.69 Å². The maximum atomic E-state index is 5.46. The number of rotatable bonds is 4. The molecule has 2 atom stereocenters. The van der Waals surface area contributed by atoms with Gasteiger partial charge in [0.25, 0.3) is 0 Å². The van der Waals surface area contributed by atoms with Crippen LogP contribution in [0, 0.1) is 0 Å². The lowest BCUT2D eigenvalue weighted by Crippen LogP contribution is -2.50. The summed E-state index contributed by atoms with van der Waals surface area (Å²) in [4.78, 5) is 2.51. The second-order valence-corrected chi connectivity index (χ2v) is 4.76. The van der Waals surface area contributed by atoms with Crippen molar-refractivity contribution < 1.29 is 4.74 Å². The van der Waals surface area contributed by atoms with E-state index < -0.39 is 0 Å². The lowest BCUT2D eigenvalue weighted by molar-refractivity contribution is -0.0159. The first-order chi connectivity index (χ1) is 8.27. The molecule has 1 fully saturated rings. The zero-order valence-electron chi connectivity index (χ0n) is 10.7. The van der Waals surface area contributed by atoms with Crippen LogP contribution in [0.4, 0.5) is 5.69 Å². The first-order valence-corrected chi connectivity index (χ1v) is 6.40. The standard InChI is InChI=1S/C14H22N2O/c1-12(16-8-9-17-11-13(16)2)10-15-14-6-4-3-5-7-14/h3-7,12-13,15H,8-11H2,1-2H3. The van der Waals surface area contributed by atoms with Crippen LogP contribution in [0.3, 0.4) is 0 Å². The van der Waals surface area contributed by atoms with E-state index in [4.69, 9.17) is 4.74 Å². The van der Waals surface area contributed by atoms with Crippen molar-refractivity contribution in [2.75, 3.05) is 31.6 Å². The first-order valence-electron chi connectivity index (χ1n) is 6.40. The van der Waals surface area contributed by atoms with E-state index in [1.807, 2.05) is 6.07 Å². The van der Waals surface area contributed by atoms with E-state index in [0.717, 1.165) is 26.3 Å². The Bertz CT molecular complexity index is 328. The van der Waals surface area contributed by atoms with Gasteiger partial charge in [-0.05, 0) is 26.0 Å². The largest absolute Gasteiger partial charge is 0.383 e. The van der Waals surface area contributed by atoms with Gasteiger partial charge in [0.2, 0.25) is 0 Å². The zero-order chi connectivity index (χ0) is 12.1. The molecule has 1 saturated heterocycles. The minimum Gasteiger partial charge on any atom is -0.383 e. The number of hydrogen-bond donors (Lipinski definition) is 1. The molecule has 3 heteroatoms. The van der Waals surface area contributed by atoms with Gasteiger partial charge < -0.3 is 10.1 Å². The van der Waals surface area contributed by atoms with Crippen LogP contribution in [0.5, 0.6) is 0 Å². The Morgan fingerprint density at radius 2 is 2.18 bits per heavy atom. The van der Waals surface area contributed by atoms with Crippen LogP contribution in [0.2, 0.25) is 0 Å². The number of nitrogens with zero attached hydrogens (tertiary/aromatic N) is 1. The molecule has 1 aliphatic heterocycles. The number of anilines is 1. The Morgan fingerprint density at radius 1 is 1.41 bits per heavy atom. The Kier molecular flexibility index (Phi) is 4.40. The van der Waals surface area contributed by atoms with Crippen LogP contribution in [0.25, 0.3) is 0 Å². The van der Waals surface area contributed by atoms with Crippen LogP contribution in [0.15, 0.2) is 30.3 Å². The number of ether oxygens (including phenoxy) is 1. The fraction of sp³-hybridized carbons (Fsp3) is 0.571. The van der Waals surface area contributed by atoms with Crippen molar-refractivity contribution in [2.24, 2.45) is 0 Å². The van der Waals surface area contributed by atoms with E-state index in [1.54, 1.807) is 0 Å². The van der Waals surface area contributed by atoms with Gasteiger partial charge in [-0.2, -0.15) is 0 Å². The molecule has 0 saturated carbocycles. The Labute approximate surface area is 104 Å². The van der Waals surface area contributed by atoms with Crippen molar-refractivity contribution in [1.29, 1.82) is 0 Å². The molecule has 0 aromatic heterocycles. The summed E-state index contributed by atoms with van der Waals surface area (Å²) < 4.78 is 5.46. The number of benzene rings is 1. The molecular formula is C14H22N2O. The molecular weight excluding hydrogens is 212 g/mol. The van der Waals surface area contributed by atoms with E-state index in [1.165, 1.54) is 5.69 Å². The third-order valence-electron chi connectivity index (χ3n) is 3.36. The molecule has 1 aliphatic rings. The maximum Gasteiger partial charge on any atom is 0.0619 e. The van der Waals surface area contributed by atoms with Crippen molar-refractivity contribution in [3.8, 4) is 0 Å². The van der Waals surface area contributed by atoms with E-state index in [0.29, 0.717) is 12.1 Å². The van der Waals surface area contributed by atoms with Gasteiger partial charge >= 0.3 is 0 Å². The summed E-state index contributed by atoms with van der Waals surface area (Å²) in [6.07, 6.45) is 0. The smallest absolute Gasteiger partial charge is 0.0619 e. The molecule has 2 rings (SSSR count). The molecule has 1 aromatic carbocycles. The average molecular weight is 234 g/mol. The summed E-state index contributed by atoms with van der Waals surface area (Å²) >= 11 is 0. The molecule has 2 unspecified atom stereocenters. The summed E-state index contributed by atoms with van der Waals surface area (Å²) in [6, 6.07) is 11.4. The molecule has 0 radical (unpaired) electrons. The fourth-order valence-corrected chi connectivity index (χ4v) is 2.33. The number of para-hydroxylation sites is 1. The third-order valence-corrected chi connectivity index (χ3v) is 3.36. The monoisotopic (exact) mass is 234 g/mol.